The third-order valence-electron chi connectivity index (χ3n) is 6.07. The van der Waals surface area contributed by atoms with Gasteiger partial charge < -0.3 is 30.3 Å². The number of aliphatic carboxylic acids is 1. The van der Waals surface area contributed by atoms with Crippen molar-refractivity contribution < 1.29 is 33.0 Å². The second-order valence-corrected chi connectivity index (χ2v) is 10.9. The van der Waals surface area contributed by atoms with Gasteiger partial charge in [-0.1, -0.05) is 5.16 Å². The van der Waals surface area contributed by atoms with Gasteiger partial charge in [-0.3, -0.25) is 18.7 Å². The molecule has 0 aliphatic carbocycles. The number of quaternary nitrogens is 1. The lowest BCUT2D eigenvalue weighted by atomic mass is 10.0. The van der Waals surface area contributed by atoms with Crippen molar-refractivity contribution >= 4 is 50.8 Å². The number of β-lactam (4-membered cyclic amide) rings is 1. The fourth-order valence-corrected chi connectivity index (χ4v) is 6.80. The van der Waals surface area contributed by atoms with Crippen LogP contribution in [0.15, 0.2) is 21.8 Å². The molecular weight excluding hydrogens is 472 g/mol. The van der Waals surface area contributed by atoms with Crippen LogP contribution in [0.2, 0.25) is 0 Å². The van der Waals surface area contributed by atoms with Gasteiger partial charge in [0, 0.05) is 23.8 Å². The Bertz CT molecular complexity index is 1090. The van der Waals surface area contributed by atoms with Crippen LogP contribution in [0, 0.1) is 0 Å². The molecule has 0 bridgehead atoms. The number of carbonyl (C=O) groups excluding carboxylic acids is 3. The first-order valence-corrected chi connectivity index (χ1v) is 12.5. The van der Waals surface area contributed by atoms with Gasteiger partial charge >= 0.3 is 0 Å². The third kappa shape index (κ3) is 4.25. The number of hydrogen-bond acceptors (Lipinski definition) is 10. The number of nitrogen functional groups attached to an aromatic ring is 1. The van der Waals surface area contributed by atoms with E-state index in [0.29, 0.717) is 16.6 Å². The number of nitrogens with two attached hydrogens (primary N) is 1. The number of likely N-dealkylation sites (tertiary alicyclic amines) is 1. The summed E-state index contributed by atoms with van der Waals surface area (Å²) in [5.41, 5.74) is 5.76. The lowest BCUT2D eigenvalue weighted by Gasteiger charge is -2.50. The Morgan fingerprint density at radius 3 is 2.73 bits per heavy atom. The van der Waals surface area contributed by atoms with Gasteiger partial charge in [-0.15, -0.1) is 11.3 Å². The Balaban J connectivity index is 1.57. The molecule has 1 aromatic rings. The van der Waals surface area contributed by atoms with E-state index in [2.05, 4.69) is 15.5 Å². The number of rotatable bonds is 7. The summed E-state index contributed by atoms with van der Waals surface area (Å²) in [6, 6.07) is -1.18. The number of nitrogens with zero attached hydrogens (tertiary/aromatic N) is 4. The van der Waals surface area contributed by atoms with Crippen molar-refractivity contribution in [2.24, 2.45) is 5.16 Å². The predicted octanol–water partition coefficient (Wildman–Crippen LogP) is -2.26. The van der Waals surface area contributed by atoms with E-state index in [1.807, 2.05) is 7.05 Å². The molecule has 3 N–H and O–H groups in total. The normalized spacial score (nSPS) is 26.6. The number of amides is 2. The van der Waals surface area contributed by atoms with Crippen LogP contribution in [-0.2, 0) is 30.0 Å². The molecule has 2 saturated heterocycles. The van der Waals surface area contributed by atoms with E-state index in [-0.39, 0.29) is 28.0 Å². The zero-order valence-electron chi connectivity index (χ0n) is 18.1. The summed E-state index contributed by atoms with van der Waals surface area (Å²) in [5, 5.41) is 18.9. The first kappa shape index (κ1) is 23.3. The standard InChI is InChI=1S/C19H24N6O6S2/c1-25(5-3-4-6-25)7-10-9-33(30)17-13(16(27)24(17)14(10)18(28)29)22-15(26)12(23-31-2)11-8-32-19(20)21-11/h8,13,17H,3-7,9H2,1-2H3,(H3-,20,21,22,26,28,29)/b23-12-/t13-,17-,33?/m1/s1. The minimum absolute atomic E-state index is 0.000389. The zero-order valence-corrected chi connectivity index (χ0v) is 19.7. The first-order chi connectivity index (χ1) is 15.6. The van der Waals surface area contributed by atoms with E-state index in [0.717, 1.165) is 42.2 Å². The van der Waals surface area contributed by atoms with Crippen LogP contribution in [0.1, 0.15) is 18.5 Å². The lowest BCUT2D eigenvalue weighted by Crippen LogP contribution is -2.74. The lowest BCUT2D eigenvalue weighted by molar-refractivity contribution is -0.893. The molecule has 3 aliphatic heterocycles. The Morgan fingerprint density at radius 2 is 2.15 bits per heavy atom. The summed E-state index contributed by atoms with van der Waals surface area (Å²) in [7, 11) is 1.65. The average molecular weight is 497 g/mol. The van der Waals surface area contributed by atoms with Crippen molar-refractivity contribution in [3.63, 3.8) is 0 Å². The van der Waals surface area contributed by atoms with Gasteiger partial charge in [0.15, 0.2) is 10.8 Å². The number of likely N-dealkylation sites (N-methyl/N-ethyl adjacent to an activating group) is 1. The minimum atomic E-state index is -1.61. The molecule has 1 aromatic heterocycles. The molecule has 0 saturated carbocycles. The molecule has 4 heterocycles. The number of carboxylic acids is 1. The number of fused-ring (bicyclic) bond motifs is 1. The number of aromatic nitrogens is 1. The van der Waals surface area contributed by atoms with Crippen LogP contribution in [-0.4, -0.2) is 93.0 Å². The van der Waals surface area contributed by atoms with Gasteiger partial charge in [0.25, 0.3) is 11.8 Å². The molecule has 1 unspecified atom stereocenters. The molecule has 4 rings (SSSR count). The molecule has 3 atom stereocenters. The molecule has 178 valence electrons. The number of oxime groups is 1. The van der Waals surface area contributed by atoms with E-state index in [9.17, 15) is 23.7 Å². The summed E-state index contributed by atoms with van der Waals surface area (Å²) in [5.74, 6) is -2.94. The number of carboxylic acid groups (broad SMARTS) is 1. The SMILES string of the molecule is CO/N=C(\C(=O)N[C@@H]1C(=O)N2C(C(=O)[O-])=C(C[N+]3(C)CCCC3)CS(=O)[C@H]12)c1csc(N)n1. The smallest absolute Gasteiger partial charge is 0.276 e. The van der Waals surface area contributed by atoms with E-state index in [1.54, 1.807) is 0 Å². The van der Waals surface area contributed by atoms with Gasteiger partial charge in [0.2, 0.25) is 0 Å². The topological polar surface area (TPSA) is 167 Å². The van der Waals surface area contributed by atoms with Crippen LogP contribution in [0.3, 0.4) is 0 Å². The van der Waals surface area contributed by atoms with E-state index >= 15 is 0 Å². The number of hydrogen-bond donors (Lipinski definition) is 2. The molecular formula is C19H24N6O6S2. The Kier molecular flexibility index (Phi) is 6.24. The summed E-state index contributed by atoms with van der Waals surface area (Å²) in [6.07, 6.45) is 2.06. The fraction of sp³-hybridized carbons (Fsp3) is 0.526. The molecule has 33 heavy (non-hydrogen) atoms. The van der Waals surface area contributed by atoms with Crippen LogP contribution < -0.4 is 16.2 Å². The number of carbonyl (C=O) groups is 3. The maximum Gasteiger partial charge on any atom is 0.276 e. The quantitative estimate of drug-likeness (QED) is 0.184. The number of thiazole rings is 1. The van der Waals surface area contributed by atoms with Gasteiger partial charge in [-0.25, -0.2) is 4.98 Å². The van der Waals surface area contributed by atoms with E-state index < -0.39 is 40.0 Å². The second-order valence-electron chi connectivity index (χ2n) is 8.44. The molecule has 0 aromatic carbocycles. The molecule has 3 aliphatic rings. The predicted molar refractivity (Wildman–Crippen MR) is 118 cm³/mol. The van der Waals surface area contributed by atoms with Crippen LogP contribution in [0.4, 0.5) is 5.13 Å². The maximum absolute atomic E-state index is 13.0. The summed E-state index contributed by atoms with van der Waals surface area (Å²) < 4.78 is 13.7. The van der Waals surface area contributed by atoms with Crippen molar-refractivity contribution in [1.29, 1.82) is 0 Å². The Morgan fingerprint density at radius 1 is 1.45 bits per heavy atom. The highest BCUT2D eigenvalue weighted by Crippen LogP contribution is 2.36. The first-order valence-electron chi connectivity index (χ1n) is 10.3. The summed E-state index contributed by atoms with van der Waals surface area (Å²) in [6.45, 7) is 2.16. The van der Waals surface area contributed by atoms with Crippen LogP contribution >= 0.6 is 11.3 Å². The maximum atomic E-state index is 13.0. The fourth-order valence-electron chi connectivity index (χ4n) is 4.58. The third-order valence-corrected chi connectivity index (χ3v) is 8.39. The van der Waals surface area contributed by atoms with Crippen molar-refractivity contribution in [3.05, 3.63) is 22.3 Å². The highest BCUT2D eigenvalue weighted by atomic mass is 32.2. The Labute approximate surface area is 196 Å². The van der Waals surface area contributed by atoms with Crippen molar-refractivity contribution in [2.45, 2.75) is 24.3 Å². The molecule has 0 spiro atoms. The molecule has 2 amide bonds. The van der Waals surface area contributed by atoms with Gasteiger partial charge in [-0.05, 0) is 0 Å². The summed E-state index contributed by atoms with van der Waals surface area (Å²) in [4.78, 5) is 47.4. The van der Waals surface area contributed by atoms with Crippen LogP contribution in [0.5, 0.6) is 0 Å². The molecule has 0 radical (unpaired) electrons. The van der Waals surface area contributed by atoms with Crippen LogP contribution in [0.25, 0.3) is 0 Å². The highest BCUT2D eigenvalue weighted by molar-refractivity contribution is 7.86. The van der Waals surface area contributed by atoms with E-state index in [4.69, 9.17) is 10.6 Å². The molecule has 12 nitrogen and oxygen atoms in total. The highest BCUT2D eigenvalue weighted by Gasteiger charge is 2.56. The molecule has 2 fully saturated rings. The van der Waals surface area contributed by atoms with Gasteiger partial charge in [-0.2, -0.15) is 0 Å². The number of nitrogens with one attached hydrogen (secondary N) is 1. The zero-order chi connectivity index (χ0) is 23.9. The monoisotopic (exact) mass is 496 g/mol. The second kappa shape index (κ2) is 8.83. The average Bonchev–Trinajstić information content (AvgIpc) is 3.37. The minimum Gasteiger partial charge on any atom is -0.543 e. The van der Waals surface area contributed by atoms with Crippen molar-refractivity contribution in [2.75, 3.05) is 45.3 Å². The van der Waals surface area contributed by atoms with E-state index in [1.165, 1.54) is 12.5 Å². The number of anilines is 1. The van der Waals surface area contributed by atoms with Crippen molar-refractivity contribution in [3.8, 4) is 0 Å². The molecule has 14 heteroatoms. The summed E-state index contributed by atoms with van der Waals surface area (Å²) >= 11 is 1.10. The van der Waals surface area contributed by atoms with Gasteiger partial charge in [0.1, 0.15) is 30.8 Å². The largest absolute Gasteiger partial charge is 0.543 e. The van der Waals surface area contributed by atoms with Crippen molar-refractivity contribution in [1.82, 2.24) is 15.2 Å². The Hall–Kier alpha value is -2.84. The van der Waals surface area contributed by atoms with Gasteiger partial charge in [0.05, 0.1) is 48.4 Å².